The van der Waals surface area contributed by atoms with Crippen LogP contribution in [0.2, 0.25) is 0 Å². The minimum atomic E-state index is -0.442. The molecule has 156 valence electrons. The van der Waals surface area contributed by atoms with Gasteiger partial charge in [0.15, 0.2) is 0 Å². The summed E-state index contributed by atoms with van der Waals surface area (Å²) in [4.78, 5) is 32.3. The normalized spacial score (nSPS) is 13.5. The lowest BCUT2D eigenvalue weighted by Crippen LogP contribution is -2.32. The molecule has 0 fully saturated rings. The predicted molar refractivity (Wildman–Crippen MR) is 116 cm³/mol. The summed E-state index contributed by atoms with van der Waals surface area (Å²) < 4.78 is 10.9. The maximum Gasteiger partial charge on any atom is 0.278 e. The molecule has 0 saturated heterocycles. The summed E-state index contributed by atoms with van der Waals surface area (Å²) in [7, 11) is 3.07. The minimum Gasteiger partial charge on any atom is -0.496 e. The standard InChI is InChI=1S/C24H21N3O4/c1-30-19-12-5-3-10-17(19)21-22(26-18-11-4-6-13-20(18)31-2)24(29)27(23(21)28)15-16-9-7-8-14-25-16/h3-14,26H,15H2,1-2H3. The lowest BCUT2D eigenvalue weighted by Gasteiger charge is -2.15. The highest BCUT2D eigenvalue weighted by Crippen LogP contribution is 2.37. The Hall–Kier alpha value is -4.13. The number of nitrogens with zero attached hydrogens (tertiary/aromatic N) is 2. The van der Waals surface area contributed by atoms with Crippen LogP contribution >= 0.6 is 0 Å². The van der Waals surface area contributed by atoms with Gasteiger partial charge in [-0.25, -0.2) is 0 Å². The molecule has 4 rings (SSSR count). The van der Waals surface area contributed by atoms with Crippen molar-refractivity contribution >= 4 is 23.1 Å². The Bertz CT molecular complexity index is 1160. The van der Waals surface area contributed by atoms with E-state index in [1.54, 1.807) is 55.8 Å². The zero-order chi connectivity index (χ0) is 21.8. The van der Waals surface area contributed by atoms with Crippen molar-refractivity contribution in [2.24, 2.45) is 0 Å². The van der Waals surface area contributed by atoms with E-state index in [2.05, 4.69) is 10.3 Å². The molecule has 0 aliphatic carbocycles. The summed E-state index contributed by atoms with van der Waals surface area (Å²) in [5, 5.41) is 3.12. The van der Waals surface area contributed by atoms with Crippen LogP contribution < -0.4 is 14.8 Å². The Morgan fingerprint density at radius 3 is 2.23 bits per heavy atom. The number of anilines is 1. The van der Waals surface area contributed by atoms with Crippen LogP contribution in [0.1, 0.15) is 11.3 Å². The van der Waals surface area contributed by atoms with Gasteiger partial charge in [0, 0.05) is 11.8 Å². The molecule has 0 unspecified atom stereocenters. The largest absolute Gasteiger partial charge is 0.496 e. The molecule has 1 N–H and O–H groups in total. The molecule has 0 spiro atoms. The minimum absolute atomic E-state index is 0.0638. The maximum absolute atomic E-state index is 13.4. The van der Waals surface area contributed by atoms with Gasteiger partial charge in [-0.2, -0.15) is 0 Å². The highest BCUT2D eigenvalue weighted by molar-refractivity contribution is 6.37. The van der Waals surface area contributed by atoms with Crippen LogP contribution in [-0.4, -0.2) is 35.9 Å². The molecule has 2 amide bonds. The Morgan fingerprint density at radius 1 is 0.839 bits per heavy atom. The van der Waals surface area contributed by atoms with Crippen LogP contribution in [-0.2, 0) is 16.1 Å². The molecule has 0 saturated carbocycles. The second-order valence-corrected chi connectivity index (χ2v) is 6.79. The number of ether oxygens (including phenoxy) is 2. The van der Waals surface area contributed by atoms with E-state index in [-0.39, 0.29) is 17.8 Å². The van der Waals surface area contributed by atoms with Crippen LogP contribution in [0.3, 0.4) is 0 Å². The van der Waals surface area contributed by atoms with E-state index in [9.17, 15) is 9.59 Å². The third kappa shape index (κ3) is 3.85. The molecule has 1 aliphatic heterocycles. The first-order valence-electron chi connectivity index (χ1n) is 9.68. The average molecular weight is 415 g/mol. The summed E-state index contributed by atoms with van der Waals surface area (Å²) in [6, 6.07) is 19.7. The van der Waals surface area contributed by atoms with E-state index < -0.39 is 11.8 Å². The lowest BCUT2D eigenvalue weighted by atomic mass is 10.0. The van der Waals surface area contributed by atoms with Crippen molar-refractivity contribution in [3.05, 3.63) is 89.9 Å². The van der Waals surface area contributed by atoms with Gasteiger partial charge < -0.3 is 14.8 Å². The fraction of sp³-hybridized carbons (Fsp3) is 0.125. The van der Waals surface area contributed by atoms with Crippen LogP contribution in [0.5, 0.6) is 11.5 Å². The second-order valence-electron chi connectivity index (χ2n) is 6.79. The van der Waals surface area contributed by atoms with E-state index in [0.717, 1.165) is 0 Å². The molecule has 2 aromatic carbocycles. The summed E-state index contributed by atoms with van der Waals surface area (Å²) in [5.74, 6) is 0.190. The molecular formula is C24H21N3O4. The molecule has 1 aromatic heterocycles. The lowest BCUT2D eigenvalue weighted by molar-refractivity contribution is -0.137. The van der Waals surface area contributed by atoms with Crippen LogP contribution in [0.4, 0.5) is 5.69 Å². The number of hydrogen-bond acceptors (Lipinski definition) is 6. The zero-order valence-corrected chi connectivity index (χ0v) is 17.2. The number of imide groups is 1. The fourth-order valence-corrected chi connectivity index (χ4v) is 3.47. The summed E-state index contributed by atoms with van der Waals surface area (Å²) in [6.07, 6.45) is 1.63. The molecule has 31 heavy (non-hydrogen) atoms. The molecule has 2 heterocycles. The number of carbonyl (C=O) groups is 2. The van der Waals surface area contributed by atoms with Crippen molar-refractivity contribution in [2.75, 3.05) is 19.5 Å². The van der Waals surface area contributed by atoms with Gasteiger partial charge in [0.1, 0.15) is 17.2 Å². The second kappa shape index (κ2) is 8.71. The van der Waals surface area contributed by atoms with Gasteiger partial charge in [-0.15, -0.1) is 0 Å². The molecule has 0 atom stereocenters. The smallest absolute Gasteiger partial charge is 0.278 e. The van der Waals surface area contributed by atoms with E-state index in [0.29, 0.717) is 28.4 Å². The van der Waals surface area contributed by atoms with Gasteiger partial charge in [0.2, 0.25) is 0 Å². The Balaban J connectivity index is 1.81. The van der Waals surface area contributed by atoms with E-state index in [1.165, 1.54) is 12.0 Å². The number of rotatable bonds is 7. The Morgan fingerprint density at radius 2 is 1.52 bits per heavy atom. The van der Waals surface area contributed by atoms with Gasteiger partial charge in [0.25, 0.3) is 11.8 Å². The molecular weight excluding hydrogens is 394 g/mol. The third-order valence-corrected chi connectivity index (χ3v) is 4.96. The summed E-state index contributed by atoms with van der Waals surface area (Å²) in [5.41, 5.74) is 2.12. The Kier molecular flexibility index (Phi) is 5.66. The Labute approximate surface area is 179 Å². The van der Waals surface area contributed by atoms with E-state index in [1.807, 2.05) is 24.3 Å². The van der Waals surface area contributed by atoms with Crippen LogP contribution in [0, 0.1) is 0 Å². The topological polar surface area (TPSA) is 80.8 Å². The monoisotopic (exact) mass is 415 g/mol. The SMILES string of the molecule is COc1ccccc1NC1=C(c2ccccc2OC)C(=O)N(Cc2ccccn2)C1=O. The summed E-state index contributed by atoms with van der Waals surface area (Å²) in [6.45, 7) is 0.0638. The molecule has 3 aromatic rings. The number of nitrogens with one attached hydrogen (secondary N) is 1. The van der Waals surface area contributed by atoms with Crippen LogP contribution in [0.25, 0.3) is 5.57 Å². The first-order chi connectivity index (χ1) is 15.1. The van der Waals surface area contributed by atoms with Gasteiger partial charge in [0.05, 0.1) is 37.7 Å². The number of hydrogen-bond donors (Lipinski definition) is 1. The average Bonchev–Trinajstić information content (AvgIpc) is 3.04. The number of amides is 2. The molecule has 0 bridgehead atoms. The number of aromatic nitrogens is 1. The maximum atomic E-state index is 13.4. The molecule has 7 heteroatoms. The third-order valence-electron chi connectivity index (χ3n) is 4.96. The van der Waals surface area contributed by atoms with Crippen molar-refractivity contribution in [3.8, 4) is 11.5 Å². The van der Waals surface area contributed by atoms with Crippen molar-refractivity contribution in [3.63, 3.8) is 0 Å². The molecule has 1 aliphatic rings. The molecule has 7 nitrogen and oxygen atoms in total. The number of carbonyl (C=O) groups excluding carboxylic acids is 2. The zero-order valence-electron chi connectivity index (χ0n) is 17.2. The highest BCUT2D eigenvalue weighted by atomic mass is 16.5. The van der Waals surface area contributed by atoms with Gasteiger partial charge in [-0.3, -0.25) is 19.5 Å². The predicted octanol–water partition coefficient (Wildman–Crippen LogP) is 3.49. The van der Waals surface area contributed by atoms with E-state index in [4.69, 9.17) is 9.47 Å². The first kappa shape index (κ1) is 20.2. The van der Waals surface area contributed by atoms with Gasteiger partial charge in [-0.1, -0.05) is 36.4 Å². The fourth-order valence-electron chi connectivity index (χ4n) is 3.47. The number of para-hydroxylation sites is 3. The summed E-state index contributed by atoms with van der Waals surface area (Å²) >= 11 is 0. The van der Waals surface area contributed by atoms with Gasteiger partial charge >= 0.3 is 0 Å². The molecule has 0 radical (unpaired) electrons. The van der Waals surface area contributed by atoms with Crippen molar-refractivity contribution in [1.82, 2.24) is 9.88 Å². The highest BCUT2D eigenvalue weighted by Gasteiger charge is 2.40. The van der Waals surface area contributed by atoms with Gasteiger partial charge in [-0.05, 0) is 30.3 Å². The van der Waals surface area contributed by atoms with Crippen molar-refractivity contribution in [2.45, 2.75) is 6.54 Å². The quantitative estimate of drug-likeness (QED) is 0.595. The number of benzene rings is 2. The van der Waals surface area contributed by atoms with E-state index >= 15 is 0 Å². The number of pyridine rings is 1. The number of methoxy groups -OCH3 is 2. The van der Waals surface area contributed by atoms with Crippen molar-refractivity contribution in [1.29, 1.82) is 0 Å². The van der Waals surface area contributed by atoms with Crippen molar-refractivity contribution < 1.29 is 19.1 Å². The van der Waals surface area contributed by atoms with Crippen LogP contribution in [0.15, 0.2) is 78.6 Å². The first-order valence-corrected chi connectivity index (χ1v) is 9.68.